The van der Waals surface area contributed by atoms with Crippen molar-refractivity contribution in [3.05, 3.63) is 34.9 Å². The number of benzene rings is 1. The van der Waals surface area contributed by atoms with Gasteiger partial charge in [0, 0.05) is 32.0 Å². The Morgan fingerprint density at radius 2 is 1.81 bits per heavy atom. The van der Waals surface area contributed by atoms with Crippen molar-refractivity contribution in [2.75, 3.05) is 27.3 Å². The molecule has 3 amide bonds. The predicted octanol–water partition coefficient (Wildman–Crippen LogP) is 4.41. The van der Waals surface area contributed by atoms with Gasteiger partial charge in [0.2, 0.25) is 17.7 Å². The van der Waals surface area contributed by atoms with Gasteiger partial charge in [0.15, 0.2) is 5.72 Å². The molecule has 5 unspecified atom stereocenters. The van der Waals surface area contributed by atoms with E-state index in [1.807, 2.05) is 0 Å². The molecule has 2 rings (SSSR count). The van der Waals surface area contributed by atoms with Crippen LogP contribution in [0, 0.1) is 11.8 Å². The van der Waals surface area contributed by atoms with E-state index < -0.39 is 49.5 Å². The van der Waals surface area contributed by atoms with Gasteiger partial charge < -0.3 is 39.5 Å². The van der Waals surface area contributed by atoms with Crippen molar-refractivity contribution in [2.45, 2.75) is 89.9 Å². The van der Waals surface area contributed by atoms with Gasteiger partial charge in [-0.1, -0.05) is 56.3 Å². The normalized spacial score (nSPS) is 19.9. The van der Waals surface area contributed by atoms with Gasteiger partial charge in [-0.15, -0.1) is 0 Å². The molecular formula is C29H47ClN3O9P. The number of rotatable bonds is 16. The standard InChI is InChI=1S/C29H47ClN3O9P/c1-6-41-43(39,42-7-2)27(36)29(38,16-15-25(34)33(4)5)32-26(35)24(18-22-13-9-8-11-20(22)3)31-28(37)40-19-21-12-10-14-23(30)17-21/h10,12,14,17,20,22,24,27,36,38H,6-9,11,13,15-16,18-19H2,1-5H3,(H,31,37)(H,32,35). The molecule has 0 aromatic heterocycles. The number of halogens is 1. The number of aliphatic hydroxyl groups is 2. The molecule has 1 aliphatic carbocycles. The number of carbonyl (C=O) groups excluding carboxylic acids is 3. The summed E-state index contributed by atoms with van der Waals surface area (Å²) in [6.45, 7) is 4.83. The number of nitrogens with one attached hydrogen (secondary N) is 2. The zero-order chi connectivity index (χ0) is 32.2. The van der Waals surface area contributed by atoms with Gasteiger partial charge in [0.05, 0.1) is 13.2 Å². The molecular weight excluding hydrogens is 601 g/mol. The number of amides is 3. The molecule has 0 bridgehead atoms. The maximum atomic E-state index is 13.8. The van der Waals surface area contributed by atoms with Crippen molar-refractivity contribution in [1.29, 1.82) is 0 Å². The summed E-state index contributed by atoms with van der Waals surface area (Å²) in [6.07, 6.45) is 2.41. The molecule has 0 spiro atoms. The van der Waals surface area contributed by atoms with E-state index in [2.05, 4.69) is 17.6 Å². The fraction of sp³-hybridized carbons (Fsp3) is 0.690. The number of hydrogen-bond donors (Lipinski definition) is 4. The average molecular weight is 648 g/mol. The Morgan fingerprint density at radius 3 is 2.40 bits per heavy atom. The van der Waals surface area contributed by atoms with Crippen LogP contribution in [0.2, 0.25) is 5.02 Å². The molecule has 0 saturated heterocycles. The number of aliphatic hydroxyl groups excluding tert-OH is 1. The molecule has 1 aromatic carbocycles. The van der Waals surface area contributed by atoms with Gasteiger partial charge in [0.1, 0.15) is 12.6 Å². The van der Waals surface area contributed by atoms with Crippen molar-refractivity contribution < 1.29 is 42.9 Å². The third kappa shape index (κ3) is 11.3. The zero-order valence-electron chi connectivity index (χ0n) is 25.7. The molecule has 0 heterocycles. The van der Waals surface area contributed by atoms with Crippen LogP contribution in [-0.2, 0) is 34.5 Å². The van der Waals surface area contributed by atoms with Crippen molar-refractivity contribution in [3.63, 3.8) is 0 Å². The minimum Gasteiger partial charge on any atom is -0.445 e. The summed E-state index contributed by atoms with van der Waals surface area (Å²) in [6, 6.07) is 5.61. The second-order valence-electron chi connectivity index (χ2n) is 11.1. The summed E-state index contributed by atoms with van der Waals surface area (Å²) >= 11 is 6.01. The Morgan fingerprint density at radius 1 is 1.16 bits per heavy atom. The molecule has 14 heteroatoms. The zero-order valence-corrected chi connectivity index (χ0v) is 27.4. The Kier molecular flexibility index (Phi) is 14.9. The minimum absolute atomic E-state index is 0.0870. The van der Waals surface area contributed by atoms with Crippen LogP contribution < -0.4 is 10.6 Å². The third-order valence-corrected chi connectivity index (χ3v) is 10.1. The van der Waals surface area contributed by atoms with Gasteiger partial charge in [0.25, 0.3) is 0 Å². The molecule has 1 saturated carbocycles. The van der Waals surface area contributed by atoms with Crippen LogP contribution >= 0.6 is 19.2 Å². The molecule has 1 fully saturated rings. The van der Waals surface area contributed by atoms with Crippen LogP contribution in [0.1, 0.15) is 71.3 Å². The minimum atomic E-state index is -4.38. The Balaban J connectivity index is 2.34. The first kappa shape index (κ1) is 37.0. The third-order valence-electron chi connectivity index (χ3n) is 7.60. The number of carbonyl (C=O) groups is 3. The summed E-state index contributed by atoms with van der Waals surface area (Å²) in [4.78, 5) is 40.3. The Hall–Kier alpha value is -2.21. The van der Waals surface area contributed by atoms with Crippen molar-refractivity contribution in [3.8, 4) is 0 Å². The summed E-state index contributed by atoms with van der Waals surface area (Å²) < 4.78 is 29.3. The van der Waals surface area contributed by atoms with E-state index in [0.717, 1.165) is 25.7 Å². The van der Waals surface area contributed by atoms with Crippen LogP contribution in [0.25, 0.3) is 0 Å². The topological polar surface area (TPSA) is 164 Å². The quantitative estimate of drug-likeness (QED) is 0.150. The average Bonchev–Trinajstić information content (AvgIpc) is 2.95. The highest BCUT2D eigenvalue weighted by atomic mass is 35.5. The monoisotopic (exact) mass is 647 g/mol. The van der Waals surface area contributed by atoms with Crippen LogP contribution in [0.15, 0.2) is 24.3 Å². The van der Waals surface area contributed by atoms with E-state index in [-0.39, 0.29) is 44.5 Å². The fourth-order valence-corrected chi connectivity index (χ4v) is 7.12. The number of hydrogen-bond acceptors (Lipinski definition) is 9. The van der Waals surface area contributed by atoms with Crippen LogP contribution in [-0.4, -0.2) is 77.9 Å². The highest BCUT2D eigenvalue weighted by molar-refractivity contribution is 7.54. The van der Waals surface area contributed by atoms with Gasteiger partial charge in [-0.3, -0.25) is 14.2 Å². The van der Waals surface area contributed by atoms with E-state index in [9.17, 15) is 29.2 Å². The van der Waals surface area contributed by atoms with Crippen LogP contribution in [0.3, 0.4) is 0 Å². The first-order valence-electron chi connectivity index (χ1n) is 14.7. The Bertz CT molecular complexity index is 1110. The molecule has 4 N–H and O–H groups in total. The molecule has 0 aliphatic heterocycles. The molecule has 12 nitrogen and oxygen atoms in total. The van der Waals surface area contributed by atoms with Crippen LogP contribution in [0.4, 0.5) is 4.79 Å². The lowest BCUT2D eigenvalue weighted by atomic mass is 9.77. The van der Waals surface area contributed by atoms with Gasteiger partial charge in [-0.2, -0.15) is 0 Å². The van der Waals surface area contributed by atoms with E-state index in [0.29, 0.717) is 10.6 Å². The lowest BCUT2D eigenvalue weighted by Gasteiger charge is -2.38. The molecule has 5 atom stereocenters. The summed E-state index contributed by atoms with van der Waals surface area (Å²) in [5.41, 5.74) is -1.96. The second-order valence-corrected chi connectivity index (χ2v) is 13.6. The number of nitrogens with zero attached hydrogens (tertiary/aromatic N) is 1. The van der Waals surface area contributed by atoms with E-state index in [4.69, 9.17) is 25.4 Å². The molecule has 43 heavy (non-hydrogen) atoms. The smallest absolute Gasteiger partial charge is 0.408 e. The second kappa shape index (κ2) is 17.3. The van der Waals surface area contributed by atoms with Crippen molar-refractivity contribution in [2.24, 2.45) is 11.8 Å². The Labute approximate surface area is 259 Å². The summed E-state index contributed by atoms with van der Waals surface area (Å²) in [5, 5.41) is 28.3. The van der Waals surface area contributed by atoms with E-state index >= 15 is 0 Å². The number of ether oxygens (including phenoxy) is 1. The molecule has 244 valence electrons. The predicted molar refractivity (Wildman–Crippen MR) is 162 cm³/mol. The van der Waals surface area contributed by atoms with Crippen molar-refractivity contribution >= 4 is 37.1 Å². The van der Waals surface area contributed by atoms with E-state index in [1.54, 1.807) is 24.3 Å². The largest absolute Gasteiger partial charge is 0.445 e. The maximum Gasteiger partial charge on any atom is 0.408 e. The van der Waals surface area contributed by atoms with Gasteiger partial charge in [-0.05, 0) is 49.8 Å². The van der Waals surface area contributed by atoms with Gasteiger partial charge in [-0.25, -0.2) is 4.79 Å². The fourth-order valence-electron chi connectivity index (χ4n) is 5.11. The first-order chi connectivity index (χ1) is 20.2. The first-order valence-corrected chi connectivity index (χ1v) is 16.7. The summed E-state index contributed by atoms with van der Waals surface area (Å²) in [5.74, 6) is -3.12. The van der Waals surface area contributed by atoms with Crippen LogP contribution in [0.5, 0.6) is 0 Å². The molecule has 1 aliphatic rings. The molecule has 0 radical (unpaired) electrons. The van der Waals surface area contributed by atoms with Crippen molar-refractivity contribution in [1.82, 2.24) is 15.5 Å². The van der Waals surface area contributed by atoms with E-state index in [1.165, 1.54) is 32.8 Å². The number of alkyl carbamates (subject to hydrolysis) is 1. The van der Waals surface area contributed by atoms with Gasteiger partial charge >= 0.3 is 13.7 Å². The lowest BCUT2D eigenvalue weighted by molar-refractivity contribution is -0.143. The lowest BCUT2D eigenvalue weighted by Crippen LogP contribution is -2.61. The summed E-state index contributed by atoms with van der Waals surface area (Å²) in [7, 11) is -1.35. The molecule has 1 aromatic rings. The SMILES string of the molecule is CCOP(=O)(OCC)C(O)C(O)(CCC(=O)N(C)C)NC(=O)C(CC1CCCCC1C)NC(=O)OCc1cccc(Cl)c1. The highest BCUT2D eigenvalue weighted by Crippen LogP contribution is 2.55. The maximum absolute atomic E-state index is 13.8. The highest BCUT2D eigenvalue weighted by Gasteiger charge is 2.51.